The van der Waals surface area contributed by atoms with Gasteiger partial charge in [0.05, 0.1) is 12.5 Å². The van der Waals surface area contributed by atoms with Crippen molar-refractivity contribution in [1.82, 2.24) is 0 Å². The van der Waals surface area contributed by atoms with Gasteiger partial charge in [0.25, 0.3) is 0 Å². The molecule has 1 aliphatic rings. The second kappa shape index (κ2) is 2.81. The second-order valence-corrected chi connectivity index (χ2v) is 3.56. The van der Waals surface area contributed by atoms with E-state index in [9.17, 15) is 4.79 Å². The quantitative estimate of drug-likeness (QED) is 0.569. The van der Waals surface area contributed by atoms with E-state index in [4.69, 9.17) is 10.5 Å². The van der Waals surface area contributed by atoms with E-state index in [1.54, 1.807) is 0 Å². The molecule has 2 N–H and O–H groups in total. The Labute approximate surface area is 66.9 Å². The Balaban J connectivity index is 2.61. The van der Waals surface area contributed by atoms with Crippen molar-refractivity contribution in [3.8, 4) is 0 Å². The molecule has 0 saturated heterocycles. The third kappa shape index (κ3) is 1.53. The Hall–Kier alpha value is -0.570. The number of hydrogen-bond donors (Lipinski definition) is 1. The van der Waals surface area contributed by atoms with E-state index in [-0.39, 0.29) is 17.4 Å². The van der Waals surface area contributed by atoms with Crippen LogP contribution in [0.1, 0.15) is 26.2 Å². The number of rotatable bonds is 1. The molecule has 0 aromatic heterocycles. The van der Waals surface area contributed by atoms with Crippen LogP contribution < -0.4 is 5.73 Å². The van der Waals surface area contributed by atoms with Crippen LogP contribution >= 0.6 is 0 Å². The van der Waals surface area contributed by atoms with Gasteiger partial charge in [0, 0.05) is 6.04 Å². The Kier molecular flexibility index (Phi) is 2.18. The molecule has 0 heterocycles. The second-order valence-electron chi connectivity index (χ2n) is 3.56. The van der Waals surface area contributed by atoms with E-state index < -0.39 is 0 Å². The largest absolute Gasteiger partial charge is 0.469 e. The summed E-state index contributed by atoms with van der Waals surface area (Å²) in [5, 5.41) is 0. The van der Waals surface area contributed by atoms with Crippen LogP contribution in [0.4, 0.5) is 0 Å². The van der Waals surface area contributed by atoms with E-state index in [1.807, 2.05) is 6.92 Å². The van der Waals surface area contributed by atoms with E-state index in [0.717, 1.165) is 19.3 Å². The van der Waals surface area contributed by atoms with E-state index in [2.05, 4.69) is 0 Å². The maximum Gasteiger partial charge on any atom is 0.311 e. The molecule has 0 radical (unpaired) electrons. The lowest BCUT2D eigenvalue weighted by Crippen LogP contribution is -2.28. The first kappa shape index (κ1) is 8.53. The Bertz CT molecular complexity index is 169. The number of ether oxygens (including phenoxy) is 1. The predicted octanol–water partition coefficient (Wildman–Crippen LogP) is 0.677. The summed E-state index contributed by atoms with van der Waals surface area (Å²) in [7, 11) is 1.43. The van der Waals surface area contributed by atoms with Crippen LogP contribution in [0, 0.1) is 5.41 Å². The minimum atomic E-state index is -0.311. The fourth-order valence-electron chi connectivity index (χ4n) is 1.72. The van der Waals surface area contributed by atoms with Crippen LogP contribution in [-0.4, -0.2) is 19.1 Å². The highest BCUT2D eigenvalue weighted by molar-refractivity contribution is 5.76. The summed E-state index contributed by atoms with van der Waals surface area (Å²) in [6.45, 7) is 1.92. The number of methoxy groups -OCH3 is 1. The molecule has 3 nitrogen and oxygen atoms in total. The number of hydrogen-bond acceptors (Lipinski definition) is 3. The normalized spacial score (nSPS) is 37.2. The van der Waals surface area contributed by atoms with Crippen molar-refractivity contribution in [1.29, 1.82) is 0 Å². The lowest BCUT2D eigenvalue weighted by molar-refractivity contribution is -0.151. The average molecular weight is 157 g/mol. The SMILES string of the molecule is COC(=O)[C@]1(C)CC[C@H](N)C1. The zero-order valence-electron chi connectivity index (χ0n) is 7.09. The summed E-state index contributed by atoms with van der Waals surface area (Å²) in [5.41, 5.74) is 5.38. The Morgan fingerprint density at radius 2 is 2.36 bits per heavy atom. The van der Waals surface area contributed by atoms with Gasteiger partial charge in [-0.05, 0) is 26.2 Å². The van der Waals surface area contributed by atoms with Gasteiger partial charge in [-0.3, -0.25) is 4.79 Å². The third-order valence-corrected chi connectivity index (χ3v) is 2.46. The summed E-state index contributed by atoms with van der Waals surface area (Å²) < 4.78 is 4.69. The summed E-state index contributed by atoms with van der Waals surface area (Å²) in [5.74, 6) is -0.120. The first-order chi connectivity index (χ1) is 5.08. The van der Waals surface area contributed by atoms with Crippen molar-refractivity contribution in [3.05, 3.63) is 0 Å². The van der Waals surface area contributed by atoms with Crippen molar-refractivity contribution >= 4 is 5.97 Å². The summed E-state index contributed by atoms with van der Waals surface area (Å²) in [4.78, 5) is 11.2. The highest BCUT2D eigenvalue weighted by Gasteiger charge is 2.40. The molecule has 3 heteroatoms. The van der Waals surface area contributed by atoms with Gasteiger partial charge in [0.15, 0.2) is 0 Å². The van der Waals surface area contributed by atoms with Gasteiger partial charge in [0.1, 0.15) is 0 Å². The average Bonchev–Trinajstić information content (AvgIpc) is 2.31. The molecule has 64 valence electrons. The molecule has 1 aliphatic carbocycles. The monoisotopic (exact) mass is 157 g/mol. The summed E-state index contributed by atoms with van der Waals surface area (Å²) >= 11 is 0. The van der Waals surface area contributed by atoms with Gasteiger partial charge in [0.2, 0.25) is 0 Å². The van der Waals surface area contributed by atoms with Crippen molar-refractivity contribution in [2.75, 3.05) is 7.11 Å². The molecule has 11 heavy (non-hydrogen) atoms. The van der Waals surface area contributed by atoms with Gasteiger partial charge in [-0.1, -0.05) is 0 Å². The number of carbonyl (C=O) groups is 1. The molecule has 0 amide bonds. The minimum Gasteiger partial charge on any atom is -0.469 e. The van der Waals surface area contributed by atoms with Crippen LogP contribution in [0.2, 0.25) is 0 Å². The van der Waals surface area contributed by atoms with Gasteiger partial charge in [-0.25, -0.2) is 0 Å². The Morgan fingerprint density at radius 3 is 2.73 bits per heavy atom. The molecule has 1 fully saturated rings. The highest BCUT2D eigenvalue weighted by Crippen LogP contribution is 2.37. The van der Waals surface area contributed by atoms with Crippen LogP contribution in [0.3, 0.4) is 0 Å². The molecule has 2 atom stereocenters. The molecule has 0 aliphatic heterocycles. The minimum absolute atomic E-state index is 0.120. The van der Waals surface area contributed by atoms with Crippen molar-refractivity contribution in [2.45, 2.75) is 32.2 Å². The van der Waals surface area contributed by atoms with Gasteiger partial charge >= 0.3 is 5.97 Å². The molecular formula is C8H15NO2. The first-order valence-corrected chi connectivity index (χ1v) is 3.92. The van der Waals surface area contributed by atoms with Crippen molar-refractivity contribution < 1.29 is 9.53 Å². The maximum absolute atomic E-state index is 11.2. The smallest absolute Gasteiger partial charge is 0.311 e. The van der Waals surface area contributed by atoms with Gasteiger partial charge < -0.3 is 10.5 Å². The molecule has 0 aromatic rings. The number of esters is 1. The lowest BCUT2D eigenvalue weighted by Gasteiger charge is -2.19. The highest BCUT2D eigenvalue weighted by atomic mass is 16.5. The number of nitrogens with two attached hydrogens (primary N) is 1. The Morgan fingerprint density at radius 1 is 1.73 bits per heavy atom. The standard InChI is InChI=1S/C8H15NO2/c1-8(7(10)11-2)4-3-6(9)5-8/h6H,3-5,9H2,1-2H3/t6-,8+/m0/s1. The number of carbonyl (C=O) groups excluding carboxylic acids is 1. The van der Waals surface area contributed by atoms with Crippen molar-refractivity contribution in [3.63, 3.8) is 0 Å². The van der Waals surface area contributed by atoms with E-state index in [0.29, 0.717) is 0 Å². The van der Waals surface area contributed by atoms with Gasteiger partial charge in [-0.2, -0.15) is 0 Å². The fraction of sp³-hybridized carbons (Fsp3) is 0.875. The van der Waals surface area contributed by atoms with Gasteiger partial charge in [-0.15, -0.1) is 0 Å². The molecule has 1 saturated carbocycles. The zero-order chi connectivity index (χ0) is 8.48. The van der Waals surface area contributed by atoms with E-state index in [1.165, 1.54) is 7.11 Å². The molecule has 0 unspecified atom stereocenters. The van der Waals surface area contributed by atoms with Crippen LogP contribution in [-0.2, 0) is 9.53 Å². The molecule has 0 spiro atoms. The third-order valence-electron chi connectivity index (χ3n) is 2.46. The van der Waals surface area contributed by atoms with Crippen LogP contribution in [0.25, 0.3) is 0 Å². The van der Waals surface area contributed by atoms with E-state index >= 15 is 0 Å². The van der Waals surface area contributed by atoms with Crippen molar-refractivity contribution in [2.24, 2.45) is 11.1 Å². The van der Waals surface area contributed by atoms with Crippen LogP contribution in [0.15, 0.2) is 0 Å². The lowest BCUT2D eigenvalue weighted by atomic mass is 9.89. The first-order valence-electron chi connectivity index (χ1n) is 3.92. The molecular weight excluding hydrogens is 142 g/mol. The summed E-state index contributed by atoms with van der Waals surface area (Å²) in [6, 6.07) is 0.180. The zero-order valence-corrected chi connectivity index (χ0v) is 7.09. The fourth-order valence-corrected chi connectivity index (χ4v) is 1.72. The molecule has 0 bridgehead atoms. The topological polar surface area (TPSA) is 52.3 Å². The van der Waals surface area contributed by atoms with Crippen LogP contribution in [0.5, 0.6) is 0 Å². The maximum atomic E-state index is 11.2. The summed E-state index contributed by atoms with van der Waals surface area (Å²) in [6.07, 6.45) is 2.56. The molecule has 1 rings (SSSR count). The predicted molar refractivity (Wildman–Crippen MR) is 41.9 cm³/mol. The molecule has 0 aromatic carbocycles.